The van der Waals surface area contributed by atoms with Crippen molar-refractivity contribution >= 4 is 27.8 Å². The van der Waals surface area contributed by atoms with Crippen LogP contribution in [0.1, 0.15) is 24.7 Å². The van der Waals surface area contributed by atoms with E-state index in [4.69, 9.17) is 19.2 Å². The second kappa shape index (κ2) is 11.0. The van der Waals surface area contributed by atoms with Crippen molar-refractivity contribution in [3.05, 3.63) is 175 Å². The van der Waals surface area contributed by atoms with Crippen molar-refractivity contribution in [1.82, 2.24) is 0 Å². The molecule has 0 heterocycles. The van der Waals surface area contributed by atoms with E-state index in [1.165, 1.54) is 6.07 Å². The van der Waals surface area contributed by atoms with Crippen molar-refractivity contribution < 1.29 is 24.7 Å². The Balaban J connectivity index is 1.59. The van der Waals surface area contributed by atoms with Gasteiger partial charge in [0.05, 0.1) is 24.7 Å². The molecule has 1 nitrogen and oxygen atoms in total. The highest BCUT2D eigenvalue weighted by atomic mass is 15.1. The van der Waals surface area contributed by atoms with Crippen LogP contribution in [0.3, 0.4) is 0 Å². The normalized spacial score (nSPS) is 17.1. The van der Waals surface area contributed by atoms with E-state index in [1.54, 1.807) is 18.2 Å². The summed E-state index contributed by atoms with van der Waals surface area (Å²) in [6.45, 7) is 0. The zero-order valence-electron chi connectivity index (χ0n) is 39.3. The molecule has 0 bridgehead atoms. The first-order valence-corrected chi connectivity index (χ1v) is 12.6. The first-order chi connectivity index (χ1) is 27.8. The summed E-state index contributed by atoms with van der Waals surface area (Å²) in [5, 5.41) is 1.75. The summed E-state index contributed by atoms with van der Waals surface area (Å²) in [7, 11) is 0. The second-order valence-electron chi connectivity index (χ2n) is 8.86. The average Bonchev–Trinajstić information content (AvgIpc) is 3.23. The Morgan fingerprint density at radius 2 is 0.902 bits per heavy atom. The third-order valence-corrected chi connectivity index (χ3v) is 6.38. The van der Waals surface area contributed by atoms with Gasteiger partial charge < -0.3 is 4.90 Å². The molecule has 7 aromatic carbocycles. The van der Waals surface area contributed by atoms with Crippen LogP contribution in [0.5, 0.6) is 0 Å². The summed E-state index contributed by atoms with van der Waals surface area (Å²) in [6, 6.07) is 5.33. The van der Waals surface area contributed by atoms with Crippen LogP contribution in [-0.2, 0) is 0 Å². The summed E-state index contributed by atoms with van der Waals surface area (Å²) in [5.41, 5.74) is -2.21. The minimum absolute atomic E-state index is 0.0446. The van der Waals surface area contributed by atoms with E-state index in [2.05, 4.69) is 0 Å². The van der Waals surface area contributed by atoms with Gasteiger partial charge in [-0.2, -0.15) is 0 Å². The fraction of sp³-hybridized carbons (Fsp3) is 0. The molecule has 0 saturated heterocycles. The summed E-state index contributed by atoms with van der Waals surface area (Å²) in [4.78, 5) is 1.01. The van der Waals surface area contributed by atoms with Crippen molar-refractivity contribution in [2.24, 2.45) is 0 Å². The van der Waals surface area contributed by atoms with Crippen LogP contribution >= 0.6 is 0 Å². The molecule has 7 rings (SSSR count). The van der Waals surface area contributed by atoms with Gasteiger partial charge in [0.1, 0.15) is 0 Å². The largest absolute Gasteiger partial charge is 0.310 e. The zero-order valence-corrected chi connectivity index (χ0v) is 21.3. The molecule has 0 atom stereocenters. The first kappa shape index (κ1) is 12.0. The van der Waals surface area contributed by atoms with Crippen LogP contribution in [0.15, 0.2) is 175 Å². The van der Waals surface area contributed by atoms with Crippen LogP contribution in [0, 0.1) is 0 Å². The van der Waals surface area contributed by atoms with E-state index >= 15 is 0 Å². The van der Waals surface area contributed by atoms with Gasteiger partial charge in [-0.05, 0) is 80.5 Å². The molecule has 0 saturated carbocycles. The van der Waals surface area contributed by atoms with E-state index in [0.29, 0.717) is 5.56 Å². The molecular formula is C40H29N. The van der Waals surface area contributed by atoms with Gasteiger partial charge in [-0.3, -0.25) is 0 Å². The number of benzene rings is 7. The van der Waals surface area contributed by atoms with Gasteiger partial charge in [0.25, 0.3) is 0 Å². The molecule has 0 aliphatic rings. The van der Waals surface area contributed by atoms with Crippen molar-refractivity contribution in [2.45, 2.75) is 0 Å². The number of hydrogen-bond acceptors (Lipinski definition) is 1. The summed E-state index contributed by atoms with van der Waals surface area (Å²) in [5.74, 6) is 0. The molecule has 0 N–H and O–H groups in total. The summed E-state index contributed by atoms with van der Waals surface area (Å²) in [6.07, 6.45) is 0. The predicted octanol–water partition coefficient (Wildman–Crippen LogP) is 11.3. The van der Waals surface area contributed by atoms with Gasteiger partial charge in [0.2, 0.25) is 0 Å². The second-order valence-corrected chi connectivity index (χ2v) is 8.86. The lowest BCUT2D eigenvalue weighted by Gasteiger charge is -2.26. The highest BCUT2D eigenvalue weighted by molar-refractivity contribution is 5.97. The average molecular weight is 542 g/mol. The lowest BCUT2D eigenvalue weighted by atomic mass is 9.97. The van der Waals surface area contributed by atoms with Gasteiger partial charge in [0.15, 0.2) is 0 Å². The molecule has 1 heteroatoms. The summed E-state index contributed by atoms with van der Waals surface area (Å²) >= 11 is 0. The molecule has 0 amide bonds. The molecule has 0 aromatic heterocycles. The topological polar surface area (TPSA) is 3.24 Å². The van der Waals surface area contributed by atoms with E-state index in [0.717, 1.165) is 21.2 Å². The van der Waals surface area contributed by atoms with E-state index in [-0.39, 0.29) is 5.69 Å². The minimum Gasteiger partial charge on any atom is -0.310 e. The van der Waals surface area contributed by atoms with E-state index in [1.807, 2.05) is 42.5 Å². The molecular weight excluding hydrogens is 494 g/mol. The lowest BCUT2D eigenvalue weighted by Crippen LogP contribution is -2.10. The van der Waals surface area contributed by atoms with Crippen LogP contribution in [-0.4, -0.2) is 0 Å². The number of nitrogens with zero attached hydrogens (tertiary/aromatic N) is 1. The maximum Gasteiger partial charge on any atom is 0.0645 e. The van der Waals surface area contributed by atoms with Crippen LogP contribution in [0.25, 0.3) is 44.2 Å². The van der Waals surface area contributed by atoms with Gasteiger partial charge in [0, 0.05) is 17.1 Å². The Kier molecular flexibility index (Phi) is 3.22. The van der Waals surface area contributed by atoms with Crippen molar-refractivity contribution in [3.63, 3.8) is 0 Å². The molecule has 0 fully saturated rings. The molecule has 0 radical (unpaired) electrons. The number of rotatable bonds is 6. The Hall–Kier alpha value is -5.40. The Morgan fingerprint density at radius 1 is 0.390 bits per heavy atom. The Bertz CT molecular complexity index is 2690. The van der Waals surface area contributed by atoms with Gasteiger partial charge in [-0.25, -0.2) is 0 Å². The molecule has 0 aliphatic carbocycles. The van der Waals surface area contributed by atoms with Gasteiger partial charge in [-0.1, -0.05) is 139 Å². The van der Waals surface area contributed by atoms with Crippen molar-refractivity contribution in [2.75, 3.05) is 4.90 Å². The molecule has 7 aromatic rings. The fourth-order valence-corrected chi connectivity index (χ4v) is 4.50. The SMILES string of the molecule is [2H]c1c([2H])c([2H])c(-c2c([2H])c([2H])c(N(c3cccc(-c4cccc5ccccc45)c3)c3c([2H])c([2H])c(-c4c([2H])c([2H])c([2H])c([2H])c4[2H])c([2H])c3[2H])c([2H])c2[2H])c([2H])c1[2H]. The van der Waals surface area contributed by atoms with Crippen LogP contribution < -0.4 is 4.90 Å². The van der Waals surface area contributed by atoms with Crippen LogP contribution in [0.4, 0.5) is 17.1 Å². The van der Waals surface area contributed by atoms with E-state index < -0.39 is 142 Å². The number of hydrogen-bond donors (Lipinski definition) is 0. The van der Waals surface area contributed by atoms with Crippen molar-refractivity contribution in [1.29, 1.82) is 0 Å². The highest BCUT2D eigenvalue weighted by Crippen LogP contribution is 2.39. The molecule has 194 valence electrons. The lowest BCUT2D eigenvalue weighted by molar-refractivity contribution is 1.28. The first-order valence-electron chi connectivity index (χ1n) is 21.6. The smallest absolute Gasteiger partial charge is 0.0645 e. The molecule has 0 spiro atoms. The third-order valence-electron chi connectivity index (χ3n) is 6.38. The molecule has 0 aliphatic heterocycles. The minimum atomic E-state index is -0.833. The number of anilines is 3. The standard InChI is InChI=1S/C40H29N/c1-3-11-30(12-4-1)32-21-25-36(26-22-32)41(37-27-23-33(24-28-37)31-13-5-2-6-14-31)38-18-9-17-35(29-38)40-20-10-16-34-15-7-8-19-39(34)40/h1-29H/i1D,2D,3D,4D,5D,6D,11D,12D,13D,14D,21D,22D,23D,24D,25D,26D,27D,28D. The maximum absolute atomic E-state index is 9.31. The quantitative estimate of drug-likeness (QED) is 0.202. The predicted molar refractivity (Wildman–Crippen MR) is 175 cm³/mol. The summed E-state index contributed by atoms with van der Waals surface area (Å²) < 4.78 is 156. The Labute approximate surface area is 266 Å². The van der Waals surface area contributed by atoms with Gasteiger partial charge in [-0.15, -0.1) is 0 Å². The van der Waals surface area contributed by atoms with Crippen molar-refractivity contribution in [3.8, 4) is 33.4 Å². The monoisotopic (exact) mass is 541 g/mol. The fourth-order valence-electron chi connectivity index (χ4n) is 4.50. The molecule has 41 heavy (non-hydrogen) atoms. The Morgan fingerprint density at radius 3 is 1.51 bits per heavy atom. The number of fused-ring (bicyclic) bond motifs is 1. The van der Waals surface area contributed by atoms with Gasteiger partial charge >= 0.3 is 0 Å². The third kappa shape index (κ3) is 5.02. The van der Waals surface area contributed by atoms with E-state index in [9.17, 15) is 5.48 Å². The zero-order chi connectivity index (χ0) is 43.1. The van der Waals surface area contributed by atoms with Crippen LogP contribution in [0.2, 0.25) is 0 Å². The maximum atomic E-state index is 9.31. The molecule has 0 unspecified atom stereocenters. The highest BCUT2D eigenvalue weighted by Gasteiger charge is 2.15.